The van der Waals surface area contributed by atoms with Crippen molar-refractivity contribution in [2.24, 2.45) is 5.14 Å². The van der Waals surface area contributed by atoms with Crippen molar-refractivity contribution in [3.63, 3.8) is 0 Å². The van der Waals surface area contributed by atoms with E-state index in [1.807, 2.05) is 33.9 Å². The molecule has 0 radical (unpaired) electrons. The SMILES string of the molecule is CC(C)(C)[Si](C)(C)OCC(CCS(=O)(=O)O)Nc1c(Br)cc(S(N)(=O)=O)cc1[N+](=O)[O-]. The fourth-order valence-electron chi connectivity index (χ4n) is 2.24. The lowest BCUT2D eigenvalue weighted by Gasteiger charge is -2.37. The molecule has 0 aliphatic carbocycles. The van der Waals surface area contributed by atoms with Crippen LogP contribution in [-0.2, 0) is 24.6 Å². The highest BCUT2D eigenvalue weighted by atomic mass is 79.9. The smallest absolute Gasteiger partial charge is 0.294 e. The predicted octanol–water partition coefficient (Wildman–Crippen LogP) is 3.08. The summed E-state index contributed by atoms with van der Waals surface area (Å²) in [6.07, 6.45) is -0.103. The van der Waals surface area contributed by atoms with E-state index in [4.69, 9.17) is 14.1 Å². The summed E-state index contributed by atoms with van der Waals surface area (Å²) in [4.78, 5) is 10.3. The molecule has 4 N–H and O–H groups in total. The molecular formula is C16H28BrN3O8S2Si. The molecular weight excluding hydrogens is 534 g/mol. The number of primary sulfonamides is 1. The highest BCUT2D eigenvalue weighted by Crippen LogP contribution is 2.38. The first kappa shape index (κ1) is 27.9. The number of nitrogens with two attached hydrogens (primary N) is 1. The van der Waals surface area contributed by atoms with E-state index in [1.165, 1.54) is 0 Å². The standard InChI is InChI=1S/C16H28BrN3O8S2Si/c1-16(2,3)31(4,5)28-10-11(6-7-29(23,24)25)19-15-13(17)8-12(30(18,26)27)9-14(15)20(21)22/h8-9,11,19H,6-7,10H2,1-5H3,(H2,18,26,27)(H,23,24,25). The molecule has 0 amide bonds. The Hall–Kier alpha value is -1.10. The molecule has 15 heteroatoms. The van der Waals surface area contributed by atoms with Crippen molar-refractivity contribution in [3.05, 3.63) is 26.7 Å². The summed E-state index contributed by atoms with van der Waals surface area (Å²) in [7, 11) is -10.7. The largest absolute Gasteiger partial charge is 0.415 e. The van der Waals surface area contributed by atoms with Gasteiger partial charge in [-0.1, -0.05) is 20.8 Å². The van der Waals surface area contributed by atoms with Crippen molar-refractivity contribution in [3.8, 4) is 0 Å². The van der Waals surface area contributed by atoms with Crippen LogP contribution >= 0.6 is 15.9 Å². The molecule has 178 valence electrons. The summed E-state index contributed by atoms with van der Waals surface area (Å²) in [5.74, 6) is -0.591. The van der Waals surface area contributed by atoms with E-state index < -0.39 is 55.8 Å². The molecule has 1 rings (SSSR count). The first-order valence-electron chi connectivity index (χ1n) is 9.11. The molecule has 1 aromatic carbocycles. The first-order valence-corrected chi connectivity index (χ1v) is 16.0. The summed E-state index contributed by atoms with van der Waals surface area (Å²) in [6, 6.07) is 1.20. The van der Waals surface area contributed by atoms with Gasteiger partial charge in [0.1, 0.15) is 5.69 Å². The molecule has 0 saturated heterocycles. The number of benzene rings is 1. The van der Waals surface area contributed by atoms with Crippen LogP contribution in [0.5, 0.6) is 0 Å². The van der Waals surface area contributed by atoms with Crippen molar-refractivity contribution in [1.82, 2.24) is 0 Å². The van der Waals surface area contributed by atoms with Gasteiger partial charge in [0.2, 0.25) is 10.0 Å². The van der Waals surface area contributed by atoms with Gasteiger partial charge in [-0.15, -0.1) is 0 Å². The molecule has 0 saturated carbocycles. The summed E-state index contributed by atoms with van der Waals surface area (Å²) in [6.45, 7) is 10.1. The van der Waals surface area contributed by atoms with Gasteiger partial charge in [-0.05, 0) is 46.5 Å². The van der Waals surface area contributed by atoms with E-state index in [0.29, 0.717) is 0 Å². The average Bonchev–Trinajstić information content (AvgIpc) is 2.55. The van der Waals surface area contributed by atoms with E-state index in [-0.39, 0.29) is 28.2 Å². The maximum absolute atomic E-state index is 11.6. The average molecular weight is 563 g/mol. The van der Waals surface area contributed by atoms with Crippen LogP contribution in [0.4, 0.5) is 11.4 Å². The van der Waals surface area contributed by atoms with Gasteiger partial charge in [0.15, 0.2) is 8.32 Å². The van der Waals surface area contributed by atoms with Crippen molar-refractivity contribution < 1.29 is 30.7 Å². The van der Waals surface area contributed by atoms with Gasteiger partial charge in [-0.25, -0.2) is 13.6 Å². The number of hydrogen-bond donors (Lipinski definition) is 3. The summed E-state index contributed by atoms with van der Waals surface area (Å²) >= 11 is 3.11. The number of nitrogens with zero attached hydrogens (tertiary/aromatic N) is 1. The lowest BCUT2D eigenvalue weighted by molar-refractivity contribution is -0.384. The molecule has 0 spiro atoms. The predicted molar refractivity (Wildman–Crippen MR) is 124 cm³/mol. The zero-order chi connectivity index (χ0) is 24.4. The molecule has 0 aliphatic heterocycles. The topological polar surface area (TPSA) is 179 Å². The van der Waals surface area contributed by atoms with Crippen LogP contribution in [0.25, 0.3) is 0 Å². The monoisotopic (exact) mass is 561 g/mol. The Kier molecular flexibility index (Phi) is 8.83. The Bertz CT molecular complexity index is 1040. The van der Waals surface area contributed by atoms with E-state index in [2.05, 4.69) is 21.2 Å². The van der Waals surface area contributed by atoms with Crippen molar-refractivity contribution in [2.45, 2.75) is 56.3 Å². The number of sulfonamides is 1. The first-order chi connectivity index (χ1) is 13.7. The minimum atomic E-state index is -4.28. The van der Waals surface area contributed by atoms with Crippen LogP contribution in [0.2, 0.25) is 18.1 Å². The van der Waals surface area contributed by atoms with Crippen molar-refractivity contribution >= 4 is 55.8 Å². The number of nitrogens with one attached hydrogen (secondary N) is 1. The quantitative estimate of drug-likeness (QED) is 0.167. The molecule has 0 aliphatic rings. The van der Waals surface area contributed by atoms with Gasteiger partial charge in [-0.2, -0.15) is 8.42 Å². The van der Waals surface area contributed by atoms with Gasteiger partial charge in [0.05, 0.1) is 22.2 Å². The third-order valence-corrected chi connectivity index (χ3v) is 11.9. The number of nitro benzene ring substituents is 1. The molecule has 0 fully saturated rings. The minimum Gasteiger partial charge on any atom is -0.415 e. The Morgan fingerprint density at radius 1 is 1.29 bits per heavy atom. The van der Waals surface area contributed by atoms with Crippen molar-refractivity contribution in [2.75, 3.05) is 17.7 Å². The van der Waals surface area contributed by atoms with Crippen LogP contribution < -0.4 is 10.5 Å². The Balaban J connectivity index is 3.34. The third kappa shape index (κ3) is 8.40. The van der Waals surface area contributed by atoms with Crippen LogP contribution in [-0.4, -0.2) is 53.0 Å². The molecule has 1 atom stereocenters. The van der Waals surface area contributed by atoms with Crippen LogP contribution in [0.15, 0.2) is 21.5 Å². The van der Waals surface area contributed by atoms with Gasteiger partial charge in [0, 0.05) is 16.6 Å². The normalized spacial score (nSPS) is 14.3. The lowest BCUT2D eigenvalue weighted by Crippen LogP contribution is -2.44. The van der Waals surface area contributed by atoms with E-state index >= 15 is 0 Å². The third-order valence-electron chi connectivity index (χ3n) is 5.09. The van der Waals surface area contributed by atoms with E-state index in [0.717, 1.165) is 12.1 Å². The summed E-state index contributed by atoms with van der Waals surface area (Å²) in [5.41, 5.74) is -0.626. The molecule has 0 heterocycles. The number of anilines is 1. The second-order valence-electron chi connectivity index (χ2n) is 8.59. The summed E-state index contributed by atoms with van der Waals surface area (Å²) < 4.78 is 61.0. The van der Waals surface area contributed by atoms with Crippen LogP contribution in [0.1, 0.15) is 27.2 Å². The Morgan fingerprint density at radius 3 is 2.26 bits per heavy atom. The molecule has 1 unspecified atom stereocenters. The van der Waals surface area contributed by atoms with E-state index in [9.17, 15) is 26.9 Å². The zero-order valence-corrected chi connectivity index (χ0v) is 22.1. The molecule has 31 heavy (non-hydrogen) atoms. The number of halogens is 1. The van der Waals surface area contributed by atoms with Gasteiger partial charge < -0.3 is 9.74 Å². The molecule has 0 bridgehead atoms. The maximum Gasteiger partial charge on any atom is 0.294 e. The van der Waals surface area contributed by atoms with Gasteiger partial charge >= 0.3 is 0 Å². The number of rotatable bonds is 10. The second kappa shape index (κ2) is 9.80. The molecule has 1 aromatic rings. The summed E-state index contributed by atoms with van der Waals surface area (Å²) in [5, 5.41) is 19.4. The molecule has 11 nitrogen and oxygen atoms in total. The number of nitro groups is 1. The number of hydrogen-bond acceptors (Lipinski definition) is 8. The second-order valence-corrected chi connectivity index (χ2v) is 17.4. The van der Waals surface area contributed by atoms with E-state index in [1.54, 1.807) is 0 Å². The zero-order valence-electron chi connectivity index (χ0n) is 17.9. The molecule has 0 aromatic heterocycles. The fourth-order valence-corrected chi connectivity index (χ4v) is 5.14. The van der Waals surface area contributed by atoms with Crippen LogP contribution in [0, 0.1) is 10.1 Å². The Morgan fingerprint density at radius 2 is 1.84 bits per heavy atom. The van der Waals surface area contributed by atoms with Crippen LogP contribution in [0.3, 0.4) is 0 Å². The minimum absolute atomic E-state index is 0.0204. The van der Waals surface area contributed by atoms with Crippen molar-refractivity contribution in [1.29, 1.82) is 0 Å². The Labute approximate surface area is 191 Å². The maximum atomic E-state index is 11.6. The van der Waals surface area contributed by atoms with Gasteiger partial charge in [0.25, 0.3) is 15.8 Å². The lowest BCUT2D eigenvalue weighted by atomic mass is 10.2. The fraction of sp³-hybridized carbons (Fsp3) is 0.625. The van der Waals surface area contributed by atoms with Gasteiger partial charge in [-0.3, -0.25) is 14.7 Å². The highest BCUT2D eigenvalue weighted by Gasteiger charge is 2.38. The highest BCUT2D eigenvalue weighted by molar-refractivity contribution is 9.10.